The molecule has 0 aliphatic heterocycles. The van der Waals surface area contributed by atoms with Crippen LogP contribution >= 0.6 is 11.6 Å². The molecule has 7 heteroatoms. The Morgan fingerprint density at radius 1 is 1.40 bits per heavy atom. The van der Waals surface area contributed by atoms with Gasteiger partial charge in [0.1, 0.15) is 10.6 Å². The molecule has 0 bridgehead atoms. The van der Waals surface area contributed by atoms with E-state index in [1.54, 1.807) is 6.07 Å². The topological polar surface area (TPSA) is 55.4 Å². The van der Waals surface area contributed by atoms with Crippen LogP contribution in [0.5, 0.6) is 5.75 Å². The Kier molecular flexibility index (Phi) is 6.17. The van der Waals surface area contributed by atoms with E-state index in [0.29, 0.717) is 5.02 Å². The molecule has 1 rings (SSSR count). The summed E-state index contributed by atoms with van der Waals surface area (Å²) in [6, 6.07) is 4.41. The van der Waals surface area contributed by atoms with Gasteiger partial charge in [-0.1, -0.05) is 11.6 Å². The molecule has 1 aromatic carbocycles. The maximum Gasteiger partial charge on any atom is 0.244 e. The van der Waals surface area contributed by atoms with Crippen LogP contribution in [0.2, 0.25) is 5.02 Å². The number of methoxy groups -OCH3 is 1. The van der Waals surface area contributed by atoms with Crippen LogP contribution in [0.4, 0.5) is 0 Å². The zero-order chi connectivity index (χ0) is 10.8. The van der Waals surface area contributed by atoms with E-state index in [9.17, 15) is 8.42 Å². The van der Waals surface area contributed by atoms with Crippen molar-refractivity contribution in [2.45, 2.75) is 4.90 Å². The van der Waals surface area contributed by atoms with E-state index in [4.69, 9.17) is 16.3 Å². The van der Waals surface area contributed by atoms with Crippen molar-refractivity contribution in [2.75, 3.05) is 14.2 Å². The molecule has 0 saturated heterocycles. The predicted molar refractivity (Wildman–Crippen MR) is 60.0 cm³/mol. The van der Waals surface area contributed by atoms with Gasteiger partial charge in [-0.2, -0.15) is 0 Å². The second kappa shape index (κ2) is 6.08. The fourth-order valence-corrected chi connectivity index (χ4v) is 2.13. The molecule has 0 spiro atoms. The van der Waals surface area contributed by atoms with Gasteiger partial charge < -0.3 is 4.74 Å². The van der Waals surface area contributed by atoms with Gasteiger partial charge in [-0.3, -0.25) is 0 Å². The number of hydrogen-bond donors (Lipinski definition) is 1. The summed E-state index contributed by atoms with van der Waals surface area (Å²) in [5.41, 5.74) is 0. The van der Waals surface area contributed by atoms with Gasteiger partial charge in [-0.25, -0.2) is 13.1 Å². The van der Waals surface area contributed by atoms with Crippen molar-refractivity contribution in [3.05, 3.63) is 23.2 Å². The Morgan fingerprint density at radius 3 is 2.47 bits per heavy atom. The number of nitrogens with one attached hydrogen (secondary N) is 1. The van der Waals surface area contributed by atoms with Crippen molar-refractivity contribution in [1.29, 1.82) is 0 Å². The van der Waals surface area contributed by atoms with E-state index in [2.05, 4.69) is 4.72 Å². The molecule has 0 fully saturated rings. The summed E-state index contributed by atoms with van der Waals surface area (Å²) in [7, 11) is -0.793. The molecule has 1 radical (unpaired) electrons. The average molecular weight is 259 g/mol. The molecular weight excluding hydrogens is 249 g/mol. The maximum absolute atomic E-state index is 11.5. The van der Waals surface area contributed by atoms with Crippen LogP contribution in [-0.2, 0) is 10.0 Å². The first-order valence-corrected chi connectivity index (χ1v) is 5.64. The number of ether oxygens (including phenoxy) is 1. The Balaban J connectivity index is 0.00000196. The number of hydrogen-bond acceptors (Lipinski definition) is 3. The van der Waals surface area contributed by atoms with Gasteiger partial charge in [0.2, 0.25) is 10.0 Å². The number of sulfonamides is 1. The average Bonchev–Trinajstić information content (AvgIpc) is 2.18. The summed E-state index contributed by atoms with van der Waals surface area (Å²) in [5.74, 6) is 0.267. The molecule has 0 unspecified atom stereocenters. The quantitative estimate of drug-likeness (QED) is 0.819. The van der Waals surface area contributed by atoms with Gasteiger partial charge in [0, 0.05) is 34.6 Å². The fourth-order valence-electron chi connectivity index (χ4n) is 0.971. The van der Waals surface area contributed by atoms with Gasteiger partial charge in [-0.05, 0) is 25.2 Å². The van der Waals surface area contributed by atoms with E-state index >= 15 is 0 Å². The van der Waals surface area contributed by atoms with Gasteiger partial charge in [0.05, 0.1) is 7.11 Å². The molecule has 0 aliphatic rings. The van der Waals surface area contributed by atoms with Crippen LogP contribution in [0.1, 0.15) is 0 Å². The normalized spacial score (nSPS) is 10.6. The number of rotatable bonds is 3. The van der Waals surface area contributed by atoms with Crippen LogP contribution in [0.15, 0.2) is 23.1 Å². The van der Waals surface area contributed by atoms with Crippen molar-refractivity contribution >= 4 is 51.2 Å². The molecule has 79 valence electrons. The van der Waals surface area contributed by atoms with Crippen molar-refractivity contribution in [2.24, 2.45) is 0 Å². The number of halogens is 1. The van der Waals surface area contributed by atoms with E-state index in [1.165, 1.54) is 26.3 Å². The third-order valence-corrected chi connectivity index (χ3v) is 3.35. The minimum absolute atomic E-state index is 0. The van der Waals surface area contributed by atoms with Crippen LogP contribution in [0.25, 0.3) is 0 Å². The van der Waals surface area contributed by atoms with Crippen molar-refractivity contribution < 1.29 is 13.2 Å². The molecule has 0 aliphatic carbocycles. The molecule has 15 heavy (non-hydrogen) atoms. The number of benzene rings is 1. The van der Waals surface area contributed by atoms with Crippen molar-refractivity contribution in [1.82, 2.24) is 4.72 Å². The standard InChI is InChI=1S/C8H10ClNO3S.Na/c1-10-14(11,12)8-5-6(9)3-4-7(8)13-2;/h3-5,10H,1-2H3;. The Morgan fingerprint density at radius 2 is 2.00 bits per heavy atom. The van der Waals surface area contributed by atoms with Crippen LogP contribution in [0, 0.1) is 0 Å². The zero-order valence-electron chi connectivity index (χ0n) is 8.74. The first kappa shape index (κ1) is 15.2. The summed E-state index contributed by atoms with van der Waals surface area (Å²) < 4.78 is 30.1. The SMILES string of the molecule is CNS(=O)(=O)c1cc(Cl)ccc1OC.[Na]. The van der Waals surface area contributed by atoms with E-state index in [1.807, 2.05) is 0 Å². The van der Waals surface area contributed by atoms with Gasteiger partial charge in [0.15, 0.2) is 0 Å². The molecule has 1 N–H and O–H groups in total. The molecule has 4 nitrogen and oxygen atoms in total. The summed E-state index contributed by atoms with van der Waals surface area (Å²) >= 11 is 5.69. The van der Waals surface area contributed by atoms with Crippen molar-refractivity contribution in [3.8, 4) is 5.75 Å². The molecule has 0 amide bonds. The largest absolute Gasteiger partial charge is 0.495 e. The Bertz CT molecular complexity index is 436. The van der Waals surface area contributed by atoms with E-state index in [0.717, 1.165) is 0 Å². The molecule has 0 atom stereocenters. The first-order valence-electron chi connectivity index (χ1n) is 3.78. The third-order valence-electron chi connectivity index (χ3n) is 1.68. The molecule has 0 saturated carbocycles. The minimum atomic E-state index is -3.52. The molecular formula is C8H10ClNNaO3S. The van der Waals surface area contributed by atoms with Crippen LogP contribution in [-0.4, -0.2) is 52.1 Å². The summed E-state index contributed by atoms with van der Waals surface area (Å²) in [4.78, 5) is 0.0370. The van der Waals surface area contributed by atoms with E-state index < -0.39 is 10.0 Å². The van der Waals surface area contributed by atoms with Gasteiger partial charge in [0.25, 0.3) is 0 Å². The van der Waals surface area contributed by atoms with Gasteiger partial charge in [-0.15, -0.1) is 0 Å². The van der Waals surface area contributed by atoms with Gasteiger partial charge >= 0.3 is 0 Å². The summed E-state index contributed by atoms with van der Waals surface area (Å²) in [6.07, 6.45) is 0. The van der Waals surface area contributed by atoms with Crippen LogP contribution < -0.4 is 9.46 Å². The smallest absolute Gasteiger partial charge is 0.244 e. The second-order valence-corrected chi connectivity index (χ2v) is 4.79. The molecule has 0 aromatic heterocycles. The first-order chi connectivity index (χ1) is 6.51. The van der Waals surface area contributed by atoms with Crippen LogP contribution in [0.3, 0.4) is 0 Å². The Hall–Kier alpha value is 0.220. The third kappa shape index (κ3) is 3.62. The Labute approximate surface area is 116 Å². The fraction of sp³-hybridized carbons (Fsp3) is 0.250. The maximum atomic E-state index is 11.5. The summed E-state index contributed by atoms with van der Waals surface area (Å²) in [5, 5.41) is 0.347. The predicted octanol–water partition coefficient (Wildman–Crippen LogP) is 0.876. The van der Waals surface area contributed by atoms with Crippen molar-refractivity contribution in [3.63, 3.8) is 0 Å². The van der Waals surface area contributed by atoms with E-state index in [-0.39, 0.29) is 40.2 Å². The zero-order valence-corrected chi connectivity index (χ0v) is 12.3. The molecule has 0 heterocycles. The minimum Gasteiger partial charge on any atom is -0.495 e. The summed E-state index contributed by atoms with van der Waals surface area (Å²) in [6.45, 7) is 0. The second-order valence-electron chi connectivity index (χ2n) is 2.50. The monoisotopic (exact) mass is 258 g/mol. The molecule has 1 aromatic rings.